The Hall–Kier alpha value is -5.10. The lowest BCUT2D eigenvalue weighted by Crippen LogP contribution is -2.51. The van der Waals surface area contributed by atoms with Crippen molar-refractivity contribution in [3.63, 3.8) is 0 Å². The zero-order valence-corrected chi connectivity index (χ0v) is 30.5. The predicted octanol–water partition coefficient (Wildman–Crippen LogP) is 7.99. The highest BCUT2D eigenvalue weighted by Gasteiger charge is 2.55. The number of alkyl carbamates (subject to hydrolysis) is 1. The molecule has 54 heavy (non-hydrogen) atoms. The Morgan fingerprint density at radius 1 is 0.944 bits per heavy atom. The molecule has 1 unspecified atom stereocenters. The molecule has 5 aromatic rings. The summed E-state index contributed by atoms with van der Waals surface area (Å²) >= 11 is 0. The van der Waals surface area contributed by atoms with Crippen LogP contribution in [-0.2, 0) is 15.5 Å². The van der Waals surface area contributed by atoms with Crippen LogP contribution in [0.5, 0.6) is 0 Å². The van der Waals surface area contributed by atoms with Gasteiger partial charge in [0.1, 0.15) is 17.7 Å². The average molecular weight is 732 g/mol. The van der Waals surface area contributed by atoms with Gasteiger partial charge in [-0.3, -0.25) is 4.79 Å². The number of rotatable bonds is 7. The highest BCUT2D eigenvalue weighted by atomic mass is 19.3. The summed E-state index contributed by atoms with van der Waals surface area (Å²) in [5.41, 5.74) is 5.58. The molecule has 278 valence electrons. The number of aromatic amines is 2. The summed E-state index contributed by atoms with van der Waals surface area (Å²) < 4.78 is 37.7. The Labute approximate surface area is 311 Å². The van der Waals surface area contributed by atoms with Crippen LogP contribution in [0.1, 0.15) is 87.2 Å². The molecule has 2 saturated heterocycles. The number of carbonyl (C=O) groups is 2. The number of ether oxygens (including phenoxy) is 1. The molecule has 4 heterocycles. The summed E-state index contributed by atoms with van der Waals surface area (Å²) in [6.45, 7) is 4.35. The van der Waals surface area contributed by atoms with E-state index >= 15 is 8.78 Å². The maximum Gasteiger partial charge on any atom is 0.407 e. The van der Waals surface area contributed by atoms with Crippen LogP contribution in [0.15, 0.2) is 60.8 Å². The summed E-state index contributed by atoms with van der Waals surface area (Å²) in [5, 5.41) is 6.41. The van der Waals surface area contributed by atoms with Crippen LogP contribution in [0, 0.1) is 17.3 Å². The summed E-state index contributed by atoms with van der Waals surface area (Å²) in [6.07, 6.45) is 7.46. The maximum absolute atomic E-state index is 16.4. The topological polar surface area (TPSA) is 128 Å². The van der Waals surface area contributed by atoms with Gasteiger partial charge in [-0.25, -0.2) is 14.8 Å². The first-order valence-corrected chi connectivity index (χ1v) is 19.1. The Morgan fingerprint density at radius 3 is 2.35 bits per heavy atom. The number of nitrogens with zero attached hydrogens (tertiary/aromatic N) is 3. The van der Waals surface area contributed by atoms with Crippen LogP contribution in [0.2, 0.25) is 0 Å². The number of nitrogens with one attached hydrogen (secondary N) is 4. The van der Waals surface area contributed by atoms with Gasteiger partial charge in [-0.15, -0.1) is 0 Å². The molecule has 0 radical (unpaired) electrons. The second-order valence-electron chi connectivity index (χ2n) is 16.6. The third kappa shape index (κ3) is 5.27. The van der Waals surface area contributed by atoms with Crippen molar-refractivity contribution in [2.24, 2.45) is 17.3 Å². The first kappa shape index (κ1) is 33.5. The molecule has 5 atom stereocenters. The third-order valence-corrected chi connectivity index (χ3v) is 12.9. The number of hydrogen-bond donors (Lipinski definition) is 4. The number of methoxy groups -OCH3 is 1. The van der Waals surface area contributed by atoms with Gasteiger partial charge in [0.25, 0.3) is 5.92 Å². The number of hydrogen-bond acceptors (Lipinski definition) is 6. The minimum Gasteiger partial charge on any atom is -0.453 e. The zero-order valence-electron chi connectivity index (χ0n) is 30.5. The maximum atomic E-state index is 16.4. The number of aromatic nitrogens is 4. The van der Waals surface area contributed by atoms with E-state index in [2.05, 4.69) is 20.6 Å². The molecule has 1 spiro atoms. The number of benzene rings is 3. The van der Waals surface area contributed by atoms with Crippen molar-refractivity contribution in [1.82, 2.24) is 35.5 Å². The quantitative estimate of drug-likeness (QED) is 0.134. The van der Waals surface area contributed by atoms with Crippen LogP contribution in [0.3, 0.4) is 0 Å². The number of imidazole rings is 2. The van der Waals surface area contributed by atoms with Gasteiger partial charge in [0.05, 0.1) is 42.1 Å². The normalized spacial score (nSPS) is 24.7. The number of carbonyl (C=O) groups excluding carboxylic acids is 2. The first-order valence-electron chi connectivity index (χ1n) is 19.1. The van der Waals surface area contributed by atoms with E-state index in [1.165, 1.54) is 26.4 Å². The number of likely N-dealkylation sites (tertiary alicyclic amines) is 1. The highest BCUT2D eigenvalue weighted by Crippen LogP contribution is 2.59. The van der Waals surface area contributed by atoms with Gasteiger partial charge in [-0.1, -0.05) is 44.2 Å². The van der Waals surface area contributed by atoms with Gasteiger partial charge in [0.2, 0.25) is 5.91 Å². The Bertz CT molecular complexity index is 2340. The van der Waals surface area contributed by atoms with Gasteiger partial charge in [0.15, 0.2) is 0 Å². The SMILES string of the molecule is COC(=O)N[C@H](C(=O)N1CC2(CC2)CC1c1ncc(-c2ccc3c(c2)C(F)(F)c2cc(-c4ccc5nc([C@H]6N[C@@H]7CC[C@H]6C7)[nH]c5c4)ccc2-3)[nH]1)C(C)C. The Balaban J connectivity index is 0.914. The molecular weight excluding hydrogens is 689 g/mol. The number of H-pyrrole nitrogens is 2. The molecule has 4 fully saturated rings. The Morgan fingerprint density at radius 2 is 1.67 bits per heavy atom. The monoisotopic (exact) mass is 731 g/mol. The van der Waals surface area contributed by atoms with E-state index in [9.17, 15) is 9.59 Å². The number of piperidine rings is 1. The molecule has 3 aromatic carbocycles. The van der Waals surface area contributed by atoms with E-state index in [4.69, 9.17) is 14.7 Å². The van der Waals surface area contributed by atoms with Crippen molar-refractivity contribution in [1.29, 1.82) is 0 Å². The standard InChI is InChI=1S/C42H43F2N7O3/c1-21(2)35(50-40(53)54-3)39(52)51-20-41(12-13-41)18-34(51)37-45-19-33(49-37)24-6-10-28-27-9-5-22(15-29(27)42(43,44)30(28)16-24)23-7-11-31-32(17-23)48-38(47-31)36-25-4-8-26(14-25)46-36/h5-7,9-11,15-17,19,21,25-26,34-36,46H,4,8,12-14,18,20H2,1-3H3,(H,45,49)(H,47,48)(H,50,53)/t25-,26+,34?,35-,36-/m0/s1. The number of halogens is 2. The summed E-state index contributed by atoms with van der Waals surface area (Å²) in [6, 6.07) is 16.2. The van der Waals surface area contributed by atoms with Crippen molar-refractivity contribution >= 4 is 23.0 Å². The van der Waals surface area contributed by atoms with Crippen molar-refractivity contribution in [3.8, 4) is 33.5 Å². The second kappa shape index (κ2) is 11.9. The van der Waals surface area contributed by atoms with Crippen LogP contribution < -0.4 is 10.6 Å². The van der Waals surface area contributed by atoms with Gasteiger partial charge < -0.3 is 30.2 Å². The van der Waals surface area contributed by atoms with E-state index in [1.807, 2.05) is 49.1 Å². The lowest BCUT2D eigenvalue weighted by atomic mass is 9.98. The van der Waals surface area contributed by atoms with Gasteiger partial charge in [0, 0.05) is 29.3 Å². The molecule has 5 aliphatic rings. The molecule has 2 aromatic heterocycles. The zero-order chi connectivity index (χ0) is 37.1. The first-order chi connectivity index (χ1) is 26.0. The molecule has 10 rings (SSSR count). The van der Waals surface area contributed by atoms with Crippen LogP contribution in [0.4, 0.5) is 13.6 Å². The largest absolute Gasteiger partial charge is 0.453 e. The minimum absolute atomic E-state index is 0.0101. The lowest BCUT2D eigenvalue weighted by molar-refractivity contribution is -0.135. The number of amides is 2. The second-order valence-corrected chi connectivity index (χ2v) is 16.6. The molecule has 2 saturated carbocycles. The number of fused-ring (bicyclic) bond motifs is 6. The van der Waals surface area contributed by atoms with Crippen molar-refractivity contribution in [3.05, 3.63) is 83.6 Å². The van der Waals surface area contributed by atoms with Gasteiger partial charge in [-0.2, -0.15) is 8.78 Å². The smallest absolute Gasteiger partial charge is 0.407 e. The summed E-state index contributed by atoms with van der Waals surface area (Å²) in [5.74, 6) is -1.37. The van der Waals surface area contributed by atoms with Crippen LogP contribution in [-0.4, -0.2) is 62.6 Å². The average Bonchev–Trinajstić information content (AvgIpc) is 3.83. The lowest BCUT2D eigenvalue weighted by Gasteiger charge is -2.30. The van der Waals surface area contributed by atoms with Crippen molar-refractivity contribution in [2.75, 3.05) is 13.7 Å². The molecule has 3 aliphatic carbocycles. The molecule has 2 bridgehead atoms. The molecule has 2 amide bonds. The molecule has 4 N–H and O–H groups in total. The van der Waals surface area contributed by atoms with Gasteiger partial charge in [-0.05, 0) is 102 Å². The molecule has 2 aliphatic heterocycles. The van der Waals surface area contributed by atoms with E-state index < -0.39 is 18.1 Å². The van der Waals surface area contributed by atoms with E-state index in [1.54, 1.807) is 30.5 Å². The van der Waals surface area contributed by atoms with E-state index in [-0.39, 0.29) is 40.5 Å². The highest BCUT2D eigenvalue weighted by molar-refractivity contribution is 5.88. The predicted molar refractivity (Wildman–Crippen MR) is 199 cm³/mol. The van der Waals surface area contributed by atoms with Crippen molar-refractivity contribution < 1.29 is 23.1 Å². The third-order valence-electron chi connectivity index (χ3n) is 12.9. The van der Waals surface area contributed by atoms with Gasteiger partial charge >= 0.3 is 6.09 Å². The summed E-state index contributed by atoms with van der Waals surface area (Å²) in [4.78, 5) is 44.3. The van der Waals surface area contributed by atoms with E-state index in [0.29, 0.717) is 46.7 Å². The van der Waals surface area contributed by atoms with E-state index in [0.717, 1.165) is 47.2 Å². The molecule has 10 nitrogen and oxygen atoms in total. The Kier molecular flexibility index (Phi) is 7.41. The molecular formula is C42H43F2N7O3. The van der Waals surface area contributed by atoms with Crippen LogP contribution >= 0.6 is 0 Å². The molecule has 12 heteroatoms. The van der Waals surface area contributed by atoms with Crippen molar-refractivity contribution in [2.45, 2.75) is 82.5 Å². The fourth-order valence-electron chi connectivity index (χ4n) is 9.69. The minimum atomic E-state index is -3.20. The fraction of sp³-hybridized carbons (Fsp3) is 0.429. The number of alkyl halides is 2. The summed E-state index contributed by atoms with van der Waals surface area (Å²) in [7, 11) is 1.28. The van der Waals surface area contributed by atoms with Crippen LogP contribution in [0.25, 0.3) is 44.5 Å². The fourth-order valence-corrected chi connectivity index (χ4v) is 9.69.